The largest absolute Gasteiger partial charge is 0.772 e. The average molecular weight is 460 g/mol. The molecule has 0 spiro atoms. The summed E-state index contributed by atoms with van der Waals surface area (Å²) in [5.41, 5.74) is 19.0. The van der Waals surface area contributed by atoms with Crippen LogP contribution in [0.4, 0.5) is 11.4 Å². The Hall–Kier alpha value is -2.32. The van der Waals surface area contributed by atoms with Gasteiger partial charge in [-0.25, -0.2) is 0 Å². The number of nitrogens with two attached hydrogens (primary N) is 2. The van der Waals surface area contributed by atoms with Crippen LogP contribution in [-0.4, -0.2) is 5.71 Å². The molecule has 1 aliphatic rings. The summed E-state index contributed by atoms with van der Waals surface area (Å²) < 4.78 is 8.35. The molecule has 27 heavy (non-hydrogen) atoms. The first-order valence-corrected chi connectivity index (χ1v) is 8.55. The molecule has 5 nitrogen and oxygen atoms in total. The smallest absolute Gasteiger partial charge is 0.0642 e. The molecule has 0 saturated heterocycles. The first kappa shape index (κ1) is 22.7. The monoisotopic (exact) mass is 462 g/mol. The molecule has 0 radical (unpaired) electrons. The third-order valence-corrected chi connectivity index (χ3v) is 3.91. The summed E-state index contributed by atoms with van der Waals surface area (Å²) in [4.78, 5) is 8.35. The molecule has 0 heterocycles. The van der Waals surface area contributed by atoms with E-state index in [2.05, 4.69) is 0 Å². The normalized spacial score (nSPS) is 12.6. The molecule has 0 fully saturated rings. The predicted octanol–water partition coefficient (Wildman–Crippen LogP) is 3.74. The molecule has 0 unspecified atom stereocenters. The average Bonchev–Trinajstić information content (AvgIpc) is 2.62. The molecule has 0 aliphatic heterocycles. The fraction of sp³-hybridized carbons (Fsp3) is 0.0500. The van der Waals surface area contributed by atoms with Crippen molar-refractivity contribution in [3.8, 4) is 0 Å². The van der Waals surface area contributed by atoms with E-state index in [-0.39, 0.29) is 21.1 Å². The standard InChI is InChI=1S/C20H19N3.Mo.HO2P/c1-13-12-16(6-11-19(13)23)20(14-2-7-17(21)8-3-14)15-4-9-18(22)10-5-15;;1-3-2/h2-12,23H,21-22H2,1H3;;(H,1,2)/p-1. The molecule has 3 rings (SSSR count). The number of rotatable bonds is 2. The van der Waals surface area contributed by atoms with Gasteiger partial charge < -0.3 is 21.8 Å². The van der Waals surface area contributed by atoms with E-state index in [0.717, 1.165) is 39.2 Å². The molecule has 1 aliphatic carbocycles. The van der Waals surface area contributed by atoms with Gasteiger partial charge in [-0.05, 0) is 71.2 Å². The van der Waals surface area contributed by atoms with Crippen LogP contribution in [0.2, 0.25) is 0 Å². The SMILES string of the molecule is CC1=CC(=C(c2ccc(N)cc2)c2ccc(N)cc2)C=CC1=N.O=P[O-].[Mo]. The summed E-state index contributed by atoms with van der Waals surface area (Å²) in [5.74, 6) is 0. The molecule has 0 amide bonds. The molecule has 138 valence electrons. The van der Waals surface area contributed by atoms with Crippen molar-refractivity contribution < 1.29 is 30.5 Å². The van der Waals surface area contributed by atoms with E-state index >= 15 is 0 Å². The van der Waals surface area contributed by atoms with E-state index in [0.29, 0.717) is 5.71 Å². The van der Waals surface area contributed by atoms with Gasteiger partial charge in [0.05, 0.1) is 14.4 Å². The Bertz CT molecular complexity index is 854. The number of anilines is 2. The van der Waals surface area contributed by atoms with Crippen LogP contribution in [0, 0.1) is 5.41 Å². The van der Waals surface area contributed by atoms with Crippen LogP contribution in [0.3, 0.4) is 0 Å². The van der Waals surface area contributed by atoms with Crippen LogP contribution >= 0.6 is 8.69 Å². The number of nitrogens with one attached hydrogen (secondary N) is 1. The van der Waals surface area contributed by atoms with Crippen LogP contribution in [-0.2, 0) is 25.6 Å². The Morgan fingerprint density at radius 1 is 0.926 bits per heavy atom. The second kappa shape index (κ2) is 10.7. The zero-order valence-electron chi connectivity index (χ0n) is 14.7. The number of hydrogen-bond acceptors (Lipinski definition) is 5. The summed E-state index contributed by atoms with van der Waals surface area (Å²) in [6.45, 7) is 1.95. The van der Waals surface area contributed by atoms with Gasteiger partial charge in [-0.2, -0.15) is 0 Å². The molecule has 2 aromatic rings. The van der Waals surface area contributed by atoms with E-state index in [1.165, 1.54) is 0 Å². The van der Waals surface area contributed by atoms with Crippen molar-refractivity contribution in [3.63, 3.8) is 0 Å². The van der Waals surface area contributed by atoms with Gasteiger partial charge in [0, 0.05) is 32.4 Å². The third kappa shape index (κ3) is 6.11. The minimum absolute atomic E-state index is 0. The Kier molecular flexibility index (Phi) is 9.03. The zero-order valence-corrected chi connectivity index (χ0v) is 17.6. The molecular weight excluding hydrogens is 441 g/mol. The third-order valence-electron chi connectivity index (χ3n) is 3.91. The number of hydrogen-bond donors (Lipinski definition) is 3. The van der Waals surface area contributed by atoms with E-state index in [1.54, 1.807) is 0 Å². The Morgan fingerprint density at radius 2 is 1.33 bits per heavy atom. The number of benzene rings is 2. The zero-order chi connectivity index (χ0) is 19.1. The van der Waals surface area contributed by atoms with Crippen molar-refractivity contribution in [1.29, 1.82) is 5.41 Å². The molecule has 7 heteroatoms. The van der Waals surface area contributed by atoms with Crippen LogP contribution in [0.1, 0.15) is 18.1 Å². The Labute approximate surface area is 174 Å². The van der Waals surface area contributed by atoms with E-state index in [9.17, 15) is 0 Å². The fourth-order valence-electron chi connectivity index (χ4n) is 2.62. The van der Waals surface area contributed by atoms with Gasteiger partial charge >= 0.3 is 0 Å². The molecule has 0 atom stereocenters. The van der Waals surface area contributed by atoms with Gasteiger partial charge in [-0.1, -0.05) is 30.3 Å². The van der Waals surface area contributed by atoms with Gasteiger partial charge in [0.15, 0.2) is 0 Å². The fourth-order valence-corrected chi connectivity index (χ4v) is 2.62. The van der Waals surface area contributed by atoms with Crippen molar-refractivity contribution in [1.82, 2.24) is 0 Å². The molecular formula is C20H19MoN3O2P-. The van der Waals surface area contributed by atoms with Crippen LogP contribution in [0.5, 0.6) is 0 Å². The quantitative estimate of drug-likeness (QED) is 0.360. The van der Waals surface area contributed by atoms with Crippen LogP contribution < -0.4 is 16.4 Å². The van der Waals surface area contributed by atoms with Gasteiger partial charge in [-0.3, -0.25) is 4.57 Å². The van der Waals surface area contributed by atoms with Crippen molar-refractivity contribution in [2.45, 2.75) is 6.92 Å². The van der Waals surface area contributed by atoms with E-state index in [1.807, 2.05) is 73.7 Å². The van der Waals surface area contributed by atoms with Crippen molar-refractivity contribution in [2.24, 2.45) is 0 Å². The molecule has 0 bridgehead atoms. The summed E-state index contributed by atoms with van der Waals surface area (Å²) in [6.07, 6.45) is 5.86. The van der Waals surface area contributed by atoms with Crippen molar-refractivity contribution in [2.75, 3.05) is 11.5 Å². The van der Waals surface area contributed by atoms with Gasteiger partial charge in [0.25, 0.3) is 0 Å². The van der Waals surface area contributed by atoms with Gasteiger partial charge in [0.1, 0.15) is 0 Å². The van der Waals surface area contributed by atoms with Crippen molar-refractivity contribution in [3.05, 3.63) is 89.0 Å². The summed E-state index contributed by atoms with van der Waals surface area (Å²) >= 11 is 0. The minimum atomic E-state index is -1.08. The summed E-state index contributed by atoms with van der Waals surface area (Å²) in [5, 5.41) is 7.88. The number of nitrogen functional groups attached to an aromatic ring is 2. The predicted molar refractivity (Wildman–Crippen MR) is 106 cm³/mol. The maximum Gasteiger partial charge on any atom is 0.0642 e. The first-order chi connectivity index (χ1) is 12.5. The number of allylic oxidation sites excluding steroid dienone is 5. The second-order valence-corrected chi connectivity index (χ2v) is 5.87. The maximum atomic E-state index is 8.35. The van der Waals surface area contributed by atoms with Gasteiger partial charge in [0.2, 0.25) is 0 Å². The molecule has 5 N–H and O–H groups in total. The Morgan fingerprint density at radius 3 is 1.70 bits per heavy atom. The van der Waals surface area contributed by atoms with Gasteiger partial charge in [-0.15, -0.1) is 0 Å². The topological polar surface area (TPSA) is 116 Å². The van der Waals surface area contributed by atoms with Crippen LogP contribution in [0.25, 0.3) is 5.57 Å². The molecule has 2 aromatic carbocycles. The van der Waals surface area contributed by atoms with Crippen LogP contribution in [0.15, 0.2) is 77.9 Å². The summed E-state index contributed by atoms with van der Waals surface area (Å²) in [7, 11) is -1.08. The van der Waals surface area contributed by atoms with E-state index in [4.69, 9.17) is 26.3 Å². The minimum Gasteiger partial charge on any atom is -0.772 e. The van der Waals surface area contributed by atoms with E-state index < -0.39 is 8.69 Å². The second-order valence-electron chi connectivity index (χ2n) is 5.72. The first-order valence-electron chi connectivity index (χ1n) is 7.82. The van der Waals surface area contributed by atoms with Crippen molar-refractivity contribution >= 4 is 31.3 Å². The Balaban J connectivity index is 0.000000855. The maximum absolute atomic E-state index is 8.35. The summed E-state index contributed by atoms with van der Waals surface area (Å²) in [6, 6.07) is 15.7. The molecule has 0 aromatic heterocycles. The molecule has 0 saturated carbocycles.